The lowest BCUT2D eigenvalue weighted by molar-refractivity contribution is -0.116. The van der Waals surface area contributed by atoms with Gasteiger partial charge in [0.2, 0.25) is 5.91 Å². The van der Waals surface area contributed by atoms with Crippen LogP contribution in [0.3, 0.4) is 0 Å². The zero-order valence-electron chi connectivity index (χ0n) is 8.59. The number of benzene rings is 1. The second-order valence-corrected chi connectivity index (χ2v) is 4.19. The van der Waals surface area contributed by atoms with Crippen LogP contribution in [-0.2, 0) is 4.79 Å². The lowest BCUT2D eigenvalue weighted by Crippen LogP contribution is -2.11. The first-order valence-electron chi connectivity index (χ1n) is 4.80. The smallest absolute Gasteiger partial charge is 0.224 e. The van der Waals surface area contributed by atoms with Gasteiger partial charge in [0, 0.05) is 23.2 Å². The molecule has 0 aliphatic carbocycles. The monoisotopic (exact) mass is 271 g/mol. The van der Waals surface area contributed by atoms with Crippen LogP contribution in [0.25, 0.3) is 0 Å². The fourth-order valence-corrected chi connectivity index (χ4v) is 1.43. The Morgan fingerprint density at radius 3 is 2.87 bits per heavy atom. The molecule has 0 atom stereocenters. The van der Waals surface area contributed by atoms with E-state index in [1.165, 1.54) is 0 Å². The molecule has 0 fully saturated rings. The minimum Gasteiger partial charge on any atom is -0.396 e. The van der Waals surface area contributed by atoms with E-state index in [0.29, 0.717) is 12.8 Å². The molecule has 0 heterocycles. The number of aryl methyl sites for hydroxylation is 1. The first kappa shape index (κ1) is 12.2. The van der Waals surface area contributed by atoms with E-state index < -0.39 is 0 Å². The third-order valence-electron chi connectivity index (χ3n) is 2.00. The van der Waals surface area contributed by atoms with Crippen molar-refractivity contribution in [2.75, 3.05) is 11.9 Å². The van der Waals surface area contributed by atoms with Crippen molar-refractivity contribution in [1.82, 2.24) is 0 Å². The number of amides is 1. The predicted molar refractivity (Wildman–Crippen MR) is 63.8 cm³/mol. The van der Waals surface area contributed by atoms with E-state index in [-0.39, 0.29) is 12.5 Å². The number of rotatable bonds is 4. The Morgan fingerprint density at radius 2 is 2.27 bits per heavy atom. The van der Waals surface area contributed by atoms with Gasteiger partial charge in [-0.1, -0.05) is 15.9 Å². The average Bonchev–Trinajstić information content (AvgIpc) is 2.20. The van der Waals surface area contributed by atoms with E-state index in [9.17, 15) is 4.79 Å². The number of hydrogen-bond donors (Lipinski definition) is 2. The summed E-state index contributed by atoms with van der Waals surface area (Å²) >= 11 is 3.39. The van der Waals surface area contributed by atoms with Crippen LogP contribution >= 0.6 is 15.9 Å². The Balaban J connectivity index is 2.57. The van der Waals surface area contributed by atoms with Crippen molar-refractivity contribution in [2.24, 2.45) is 0 Å². The fraction of sp³-hybridized carbons (Fsp3) is 0.364. The van der Waals surface area contributed by atoms with E-state index in [1.54, 1.807) is 0 Å². The van der Waals surface area contributed by atoms with Gasteiger partial charge in [-0.15, -0.1) is 0 Å². The molecule has 0 aliphatic rings. The van der Waals surface area contributed by atoms with Crippen molar-refractivity contribution in [2.45, 2.75) is 19.8 Å². The maximum Gasteiger partial charge on any atom is 0.224 e. The van der Waals surface area contributed by atoms with Crippen molar-refractivity contribution >= 4 is 27.5 Å². The average molecular weight is 272 g/mol. The first-order valence-corrected chi connectivity index (χ1v) is 5.59. The predicted octanol–water partition coefficient (Wildman–Crippen LogP) is 2.47. The van der Waals surface area contributed by atoms with Crippen molar-refractivity contribution in [1.29, 1.82) is 0 Å². The standard InChI is InChI=1S/C11H14BrNO2/c1-8-7-9(4-5-10(8)12)13-11(15)3-2-6-14/h4-5,7,14H,2-3,6H2,1H3,(H,13,15). The minimum atomic E-state index is -0.0641. The summed E-state index contributed by atoms with van der Waals surface area (Å²) in [6.45, 7) is 2.01. The second kappa shape index (κ2) is 5.88. The number of hydrogen-bond acceptors (Lipinski definition) is 2. The molecule has 4 heteroatoms. The number of halogens is 1. The minimum absolute atomic E-state index is 0.0484. The van der Waals surface area contributed by atoms with Crippen LogP contribution in [0.4, 0.5) is 5.69 Å². The van der Waals surface area contributed by atoms with E-state index in [0.717, 1.165) is 15.7 Å². The van der Waals surface area contributed by atoms with Gasteiger partial charge in [-0.3, -0.25) is 4.79 Å². The third-order valence-corrected chi connectivity index (χ3v) is 2.89. The summed E-state index contributed by atoms with van der Waals surface area (Å²) in [6, 6.07) is 5.64. The lowest BCUT2D eigenvalue weighted by Gasteiger charge is -2.06. The molecule has 0 spiro atoms. The number of anilines is 1. The normalized spacial score (nSPS) is 10.1. The van der Waals surface area contributed by atoms with Gasteiger partial charge in [-0.25, -0.2) is 0 Å². The molecule has 1 aromatic carbocycles. The molecule has 0 saturated carbocycles. The highest BCUT2D eigenvalue weighted by atomic mass is 79.9. The number of aliphatic hydroxyl groups excluding tert-OH is 1. The molecular weight excluding hydrogens is 258 g/mol. The van der Waals surface area contributed by atoms with E-state index in [2.05, 4.69) is 21.2 Å². The van der Waals surface area contributed by atoms with E-state index in [4.69, 9.17) is 5.11 Å². The molecule has 82 valence electrons. The summed E-state index contributed by atoms with van der Waals surface area (Å²) in [4.78, 5) is 11.3. The Bertz CT molecular complexity index is 352. The molecule has 0 radical (unpaired) electrons. The number of nitrogens with one attached hydrogen (secondary N) is 1. The zero-order chi connectivity index (χ0) is 11.3. The van der Waals surface area contributed by atoms with Crippen LogP contribution in [-0.4, -0.2) is 17.6 Å². The number of carbonyl (C=O) groups is 1. The van der Waals surface area contributed by atoms with E-state index in [1.807, 2.05) is 25.1 Å². The molecular formula is C11H14BrNO2. The molecule has 1 rings (SSSR count). The Hall–Kier alpha value is -0.870. The summed E-state index contributed by atoms with van der Waals surface area (Å²) in [5.41, 5.74) is 1.87. The molecule has 0 aromatic heterocycles. The highest BCUT2D eigenvalue weighted by Crippen LogP contribution is 2.20. The van der Waals surface area contributed by atoms with Gasteiger partial charge < -0.3 is 10.4 Å². The molecule has 1 aromatic rings. The van der Waals surface area contributed by atoms with Crippen LogP contribution in [0.1, 0.15) is 18.4 Å². The molecule has 15 heavy (non-hydrogen) atoms. The highest BCUT2D eigenvalue weighted by molar-refractivity contribution is 9.10. The SMILES string of the molecule is Cc1cc(NC(=O)CCCO)ccc1Br. The van der Waals surface area contributed by atoms with Crippen molar-refractivity contribution < 1.29 is 9.90 Å². The van der Waals surface area contributed by atoms with Crippen molar-refractivity contribution in [3.8, 4) is 0 Å². The van der Waals surface area contributed by atoms with Gasteiger partial charge in [0.25, 0.3) is 0 Å². The van der Waals surface area contributed by atoms with Crippen molar-refractivity contribution in [3.05, 3.63) is 28.2 Å². The van der Waals surface area contributed by atoms with Crippen molar-refractivity contribution in [3.63, 3.8) is 0 Å². The third kappa shape index (κ3) is 4.01. The Morgan fingerprint density at radius 1 is 1.53 bits per heavy atom. The van der Waals surface area contributed by atoms with Gasteiger partial charge in [0.15, 0.2) is 0 Å². The van der Waals surface area contributed by atoms with Crippen LogP contribution in [0.15, 0.2) is 22.7 Å². The highest BCUT2D eigenvalue weighted by Gasteiger charge is 2.02. The molecule has 3 nitrogen and oxygen atoms in total. The molecule has 2 N–H and O–H groups in total. The fourth-order valence-electron chi connectivity index (χ4n) is 1.19. The van der Waals surface area contributed by atoms with Gasteiger partial charge in [-0.05, 0) is 37.1 Å². The second-order valence-electron chi connectivity index (χ2n) is 3.34. The Kier molecular flexibility index (Phi) is 4.78. The number of carbonyl (C=O) groups excluding carboxylic acids is 1. The van der Waals surface area contributed by atoms with Crippen LogP contribution in [0.5, 0.6) is 0 Å². The molecule has 1 amide bonds. The van der Waals surface area contributed by atoms with Crippen LogP contribution < -0.4 is 5.32 Å². The van der Waals surface area contributed by atoms with Gasteiger partial charge in [0.05, 0.1) is 0 Å². The van der Waals surface area contributed by atoms with E-state index >= 15 is 0 Å². The number of aliphatic hydroxyl groups is 1. The van der Waals surface area contributed by atoms with Crippen LogP contribution in [0.2, 0.25) is 0 Å². The summed E-state index contributed by atoms with van der Waals surface area (Å²) in [6.07, 6.45) is 0.854. The zero-order valence-corrected chi connectivity index (χ0v) is 10.2. The first-order chi connectivity index (χ1) is 7.13. The summed E-state index contributed by atoms with van der Waals surface area (Å²) in [5, 5.41) is 11.3. The van der Waals surface area contributed by atoms with Crippen LogP contribution in [0, 0.1) is 6.92 Å². The lowest BCUT2D eigenvalue weighted by atomic mass is 10.2. The Labute approximate surface area is 97.6 Å². The summed E-state index contributed by atoms with van der Waals surface area (Å²) < 4.78 is 1.02. The summed E-state index contributed by atoms with van der Waals surface area (Å²) in [5.74, 6) is -0.0641. The molecule has 0 bridgehead atoms. The molecule has 0 unspecified atom stereocenters. The maximum atomic E-state index is 11.3. The topological polar surface area (TPSA) is 49.3 Å². The summed E-state index contributed by atoms with van der Waals surface area (Å²) in [7, 11) is 0. The molecule has 0 aliphatic heterocycles. The van der Waals surface area contributed by atoms with Gasteiger partial charge >= 0.3 is 0 Å². The largest absolute Gasteiger partial charge is 0.396 e. The van der Waals surface area contributed by atoms with Gasteiger partial charge in [-0.2, -0.15) is 0 Å². The quantitative estimate of drug-likeness (QED) is 0.884. The maximum absolute atomic E-state index is 11.3. The van der Waals surface area contributed by atoms with Gasteiger partial charge in [0.1, 0.15) is 0 Å². The molecule has 0 saturated heterocycles.